The van der Waals surface area contributed by atoms with Crippen molar-refractivity contribution in [1.29, 1.82) is 0 Å². The van der Waals surface area contributed by atoms with Gasteiger partial charge in [0.25, 0.3) is 0 Å². The molecular weight excluding hydrogens is 304 g/mol. The predicted octanol–water partition coefficient (Wildman–Crippen LogP) is 3.20. The average Bonchev–Trinajstić information content (AvgIpc) is 3.30. The summed E-state index contributed by atoms with van der Waals surface area (Å²) in [5.74, 6) is 1.69. The molecule has 24 heavy (non-hydrogen) atoms. The maximum absolute atomic E-state index is 12.7. The van der Waals surface area contributed by atoms with Gasteiger partial charge in [-0.2, -0.15) is 0 Å². The van der Waals surface area contributed by atoms with Gasteiger partial charge in [-0.25, -0.2) is 0 Å². The van der Waals surface area contributed by atoms with Crippen LogP contribution in [0.4, 0.5) is 5.69 Å². The van der Waals surface area contributed by atoms with E-state index >= 15 is 0 Å². The van der Waals surface area contributed by atoms with Crippen LogP contribution in [-0.2, 0) is 4.79 Å². The van der Waals surface area contributed by atoms with E-state index in [1.54, 1.807) is 7.11 Å². The fourth-order valence-corrected chi connectivity index (χ4v) is 3.60. The molecule has 1 amide bonds. The highest BCUT2D eigenvalue weighted by Crippen LogP contribution is 2.58. The Balaban J connectivity index is 1.67. The first-order valence-corrected chi connectivity index (χ1v) is 9.01. The van der Waals surface area contributed by atoms with Gasteiger partial charge in [-0.1, -0.05) is 13.3 Å². The van der Waals surface area contributed by atoms with Gasteiger partial charge in [0.05, 0.1) is 19.4 Å². The van der Waals surface area contributed by atoms with Crippen LogP contribution in [0.3, 0.4) is 0 Å². The lowest BCUT2D eigenvalue weighted by Gasteiger charge is -2.23. The number of methoxy groups -OCH3 is 1. The van der Waals surface area contributed by atoms with E-state index in [1.165, 1.54) is 0 Å². The van der Waals surface area contributed by atoms with Gasteiger partial charge in [-0.15, -0.1) is 0 Å². The number of nitrogens with one attached hydrogen (secondary N) is 2. The normalized spacial score (nSPS) is 21.3. The van der Waals surface area contributed by atoms with E-state index in [0.29, 0.717) is 12.3 Å². The molecule has 1 aliphatic heterocycles. The van der Waals surface area contributed by atoms with Gasteiger partial charge < -0.3 is 20.1 Å². The molecule has 1 aromatic rings. The van der Waals surface area contributed by atoms with E-state index in [9.17, 15) is 4.79 Å². The standard InChI is InChI=1S/C19H28N2O3/c1-3-4-11-24-17-6-5-14(23-2)12-16(17)21-18(22)15-13-19(15)7-9-20-10-8-19/h5-6,12,15,20H,3-4,7-11,13H2,1-2H3,(H,21,22). The van der Waals surface area contributed by atoms with Gasteiger partial charge >= 0.3 is 0 Å². The lowest BCUT2D eigenvalue weighted by Crippen LogP contribution is -2.31. The van der Waals surface area contributed by atoms with Crippen LogP contribution in [0.2, 0.25) is 0 Å². The van der Waals surface area contributed by atoms with Crippen LogP contribution in [-0.4, -0.2) is 32.7 Å². The monoisotopic (exact) mass is 332 g/mol. The molecule has 0 radical (unpaired) electrons. The number of benzene rings is 1. The number of ether oxygens (including phenoxy) is 2. The van der Waals surface area contributed by atoms with Crippen molar-refractivity contribution in [3.05, 3.63) is 18.2 Å². The zero-order valence-electron chi connectivity index (χ0n) is 14.7. The molecule has 1 atom stereocenters. The summed E-state index contributed by atoms with van der Waals surface area (Å²) in [6, 6.07) is 5.58. The Kier molecular flexibility index (Phi) is 5.29. The molecule has 3 rings (SSSR count). The molecule has 2 N–H and O–H groups in total. The quantitative estimate of drug-likeness (QED) is 0.753. The van der Waals surface area contributed by atoms with Crippen LogP contribution in [0.15, 0.2) is 18.2 Å². The Labute approximate surface area is 144 Å². The smallest absolute Gasteiger partial charge is 0.228 e. The van der Waals surface area contributed by atoms with E-state index in [1.807, 2.05) is 18.2 Å². The van der Waals surface area contributed by atoms with Crippen molar-refractivity contribution in [3.63, 3.8) is 0 Å². The molecular formula is C19H28N2O3. The van der Waals surface area contributed by atoms with Crippen LogP contribution >= 0.6 is 0 Å². The summed E-state index contributed by atoms with van der Waals surface area (Å²) in [7, 11) is 1.63. The SMILES string of the molecule is CCCCOc1ccc(OC)cc1NC(=O)C1CC12CCNCC2. The summed E-state index contributed by atoms with van der Waals surface area (Å²) >= 11 is 0. The second kappa shape index (κ2) is 7.43. The molecule has 0 bridgehead atoms. The molecule has 1 aliphatic carbocycles. The third-order valence-electron chi connectivity index (χ3n) is 5.31. The summed E-state index contributed by atoms with van der Waals surface area (Å²) in [5, 5.41) is 6.46. The van der Waals surface area contributed by atoms with Crippen molar-refractivity contribution in [1.82, 2.24) is 5.32 Å². The van der Waals surface area contributed by atoms with E-state index in [-0.39, 0.29) is 17.2 Å². The van der Waals surface area contributed by atoms with Gasteiger partial charge in [-0.05, 0) is 56.3 Å². The van der Waals surface area contributed by atoms with Crippen molar-refractivity contribution >= 4 is 11.6 Å². The Morgan fingerprint density at radius 1 is 1.38 bits per heavy atom. The first-order valence-electron chi connectivity index (χ1n) is 9.01. The second-order valence-electron chi connectivity index (χ2n) is 6.92. The van der Waals surface area contributed by atoms with Gasteiger partial charge in [-0.3, -0.25) is 4.79 Å². The lowest BCUT2D eigenvalue weighted by atomic mass is 9.92. The highest BCUT2D eigenvalue weighted by molar-refractivity contribution is 5.96. The number of piperidine rings is 1. The number of hydrogen-bond donors (Lipinski definition) is 2. The summed E-state index contributed by atoms with van der Waals surface area (Å²) in [5.41, 5.74) is 0.948. The molecule has 1 spiro atoms. The van der Waals surface area contributed by atoms with E-state index in [4.69, 9.17) is 9.47 Å². The summed E-state index contributed by atoms with van der Waals surface area (Å²) in [4.78, 5) is 12.7. The first-order chi connectivity index (χ1) is 11.7. The van der Waals surface area contributed by atoms with Gasteiger partial charge in [0.15, 0.2) is 0 Å². The predicted molar refractivity (Wildman–Crippen MR) is 94.7 cm³/mol. The van der Waals surface area contributed by atoms with E-state index < -0.39 is 0 Å². The Bertz CT molecular complexity index is 582. The maximum atomic E-state index is 12.7. The van der Waals surface area contributed by atoms with E-state index in [0.717, 1.165) is 56.7 Å². The highest BCUT2D eigenvalue weighted by Gasteiger charge is 2.57. The molecule has 2 fully saturated rings. The number of rotatable bonds is 7. The largest absolute Gasteiger partial charge is 0.497 e. The minimum Gasteiger partial charge on any atom is -0.497 e. The molecule has 2 aliphatic rings. The van der Waals surface area contributed by atoms with Crippen LogP contribution in [0.5, 0.6) is 11.5 Å². The molecule has 132 valence electrons. The van der Waals surface area contributed by atoms with Gasteiger partial charge in [0.1, 0.15) is 11.5 Å². The Hall–Kier alpha value is -1.75. The van der Waals surface area contributed by atoms with Crippen molar-refractivity contribution in [2.75, 3.05) is 32.1 Å². The topological polar surface area (TPSA) is 59.6 Å². The zero-order chi connectivity index (χ0) is 17.0. The molecule has 1 saturated carbocycles. The van der Waals surface area contributed by atoms with E-state index in [2.05, 4.69) is 17.6 Å². The fraction of sp³-hybridized carbons (Fsp3) is 0.632. The van der Waals surface area contributed by atoms with Crippen LogP contribution in [0, 0.1) is 11.3 Å². The number of anilines is 1. The van der Waals surface area contributed by atoms with Crippen molar-refractivity contribution in [3.8, 4) is 11.5 Å². The second-order valence-corrected chi connectivity index (χ2v) is 6.92. The number of carbonyl (C=O) groups is 1. The number of carbonyl (C=O) groups excluding carboxylic acids is 1. The van der Waals surface area contributed by atoms with Crippen LogP contribution < -0.4 is 20.1 Å². The fourth-order valence-electron chi connectivity index (χ4n) is 3.60. The molecule has 1 unspecified atom stereocenters. The molecule has 5 nitrogen and oxygen atoms in total. The summed E-state index contributed by atoms with van der Waals surface area (Å²) < 4.78 is 11.1. The number of unbranched alkanes of at least 4 members (excludes halogenated alkanes) is 1. The molecule has 0 aromatic heterocycles. The minimum absolute atomic E-state index is 0.116. The van der Waals surface area contributed by atoms with Crippen LogP contribution in [0.25, 0.3) is 0 Å². The first kappa shape index (κ1) is 17.1. The minimum atomic E-state index is 0.116. The molecule has 5 heteroatoms. The van der Waals surface area contributed by atoms with Crippen LogP contribution in [0.1, 0.15) is 39.0 Å². The average molecular weight is 332 g/mol. The molecule has 1 aromatic carbocycles. The summed E-state index contributed by atoms with van der Waals surface area (Å²) in [6.07, 6.45) is 5.29. The van der Waals surface area contributed by atoms with Gasteiger partial charge in [0.2, 0.25) is 5.91 Å². The third-order valence-corrected chi connectivity index (χ3v) is 5.31. The number of hydrogen-bond acceptors (Lipinski definition) is 4. The Morgan fingerprint density at radius 2 is 2.17 bits per heavy atom. The highest BCUT2D eigenvalue weighted by atomic mass is 16.5. The Morgan fingerprint density at radius 3 is 2.88 bits per heavy atom. The zero-order valence-corrected chi connectivity index (χ0v) is 14.7. The molecule has 1 heterocycles. The maximum Gasteiger partial charge on any atom is 0.228 e. The lowest BCUT2D eigenvalue weighted by molar-refractivity contribution is -0.118. The summed E-state index contributed by atoms with van der Waals surface area (Å²) in [6.45, 7) is 4.83. The number of amides is 1. The third kappa shape index (κ3) is 3.66. The van der Waals surface area contributed by atoms with Crippen molar-refractivity contribution < 1.29 is 14.3 Å². The molecule has 1 saturated heterocycles. The van der Waals surface area contributed by atoms with Gasteiger partial charge in [0, 0.05) is 12.0 Å². The van der Waals surface area contributed by atoms with Crippen molar-refractivity contribution in [2.45, 2.75) is 39.0 Å². The van der Waals surface area contributed by atoms with Crippen molar-refractivity contribution in [2.24, 2.45) is 11.3 Å².